The van der Waals surface area contributed by atoms with E-state index in [9.17, 15) is 18.3 Å². The van der Waals surface area contributed by atoms with Gasteiger partial charge in [-0.25, -0.2) is 17.9 Å². The van der Waals surface area contributed by atoms with Crippen LogP contribution in [0.25, 0.3) is 11.1 Å². The zero-order valence-electron chi connectivity index (χ0n) is 12.8. The van der Waals surface area contributed by atoms with Gasteiger partial charge in [0.05, 0.1) is 10.4 Å². The van der Waals surface area contributed by atoms with Gasteiger partial charge in [-0.2, -0.15) is 0 Å². The number of fused-ring (bicyclic) bond motifs is 1. The molecule has 7 nitrogen and oxygen atoms in total. The molecule has 0 spiro atoms. The number of aromatic amines is 1. The fourth-order valence-electron chi connectivity index (χ4n) is 2.31. The third kappa shape index (κ3) is 3.25. The number of rotatable bonds is 5. The lowest BCUT2D eigenvalue weighted by Crippen LogP contribution is -2.38. The molecule has 3 N–H and O–H groups in total. The molecule has 8 heteroatoms. The molecule has 1 heterocycles. The minimum Gasteiger partial charge on any atom is -0.408 e. The van der Waals surface area contributed by atoms with E-state index in [4.69, 9.17) is 4.42 Å². The molecule has 3 aromatic rings. The van der Waals surface area contributed by atoms with Gasteiger partial charge in [0.15, 0.2) is 5.58 Å². The highest BCUT2D eigenvalue weighted by Crippen LogP contribution is 2.21. The number of oxazole rings is 1. The minimum atomic E-state index is -3.87. The van der Waals surface area contributed by atoms with Crippen LogP contribution in [0.4, 0.5) is 0 Å². The van der Waals surface area contributed by atoms with Crippen LogP contribution < -0.4 is 10.5 Å². The molecule has 0 fully saturated rings. The molecule has 0 saturated carbocycles. The molecule has 1 atom stereocenters. The Kier molecular flexibility index (Phi) is 4.04. The molecule has 0 radical (unpaired) electrons. The maximum absolute atomic E-state index is 12.4. The number of hydrogen-bond donors (Lipinski definition) is 3. The van der Waals surface area contributed by atoms with E-state index in [-0.39, 0.29) is 17.0 Å². The van der Waals surface area contributed by atoms with E-state index < -0.39 is 21.4 Å². The monoisotopic (exact) mass is 348 g/mol. The SMILES string of the molecule is CC(O)(CNS(=O)(=O)c1ccc2[nH]c(=O)oc2c1)c1ccccc1. The molecule has 1 aromatic heterocycles. The number of nitrogens with one attached hydrogen (secondary N) is 2. The first kappa shape index (κ1) is 16.4. The van der Waals surface area contributed by atoms with Gasteiger partial charge in [-0.15, -0.1) is 0 Å². The smallest absolute Gasteiger partial charge is 0.408 e. The summed E-state index contributed by atoms with van der Waals surface area (Å²) in [5, 5.41) is 10.5. The van der Waals surface area contributed by atoms with Gasteiger partial charge in [-0.1, -0.05) is 30.3 Å². The van der Waals surface area contributed by atoms with E-state index in [1.54, 1.807) is 24.3 Å². The maximum atomic E-state index is 12.4. The molecule has 126 valence electrons. The summed E-state index contributed by atoms with van der Waals surface area (Å²) in [4.78, 5) is 13.5. The van der Waals surface area contributed by atoms with Gasteiger partial charge >= 0.3 is 5.76 Å². The van der Waals surface area contributed by atoms with Crippen LogP contribution in [0.15, 0.2) is 62.6 Å². The van der Waals surface area contributed by atoms with E-state index in [1.807, 2.05) is 6.07 Å². The second-order valence-corrected chi connectivity index (χ2v) is 7.40. The highest BCUT2D eigenvalue weighted by Gasteiger charge is 2.26. The first-order chi connectivity index (χ1) is 11.3. The topological polar surface area (TPSA) is 112 Å². The Morgan fingerprint density at radius 3 is 2.62 bits per heavy atom. The highest BCUT2D eigenvalue weighted by atomic mass is 32.2. The van der Waals surface area contributed by atoms with Crippen LogP contribution in [0, 0.1) is 0 Å². The van der Waals surface area contributed by atoms with Crippen LogP contribution in [-0.4, -0.2) is 25.1 Å². The maximum Gasteiger partial charge on any atom is 0.417 e. The fraction of sp³-hybridized carbons (Fsp3) is 0.188. The van der Waals surface area contributed by atoms with Gasteiger partial charge in [-0.3, -0.25) is 4.98 Å². The van der Waals surface area contributed by atoms with Crippen molar-refractivity contribution in [3.8, 4) is 0 Å². The summed E-state index contributed by atoms with van der Waals surface area (Å²) in [6, 6.07) is 12.8. The average molecular weight is 348 g/mol. The van der Waals surface area contributed by atoms with Crippen molar-refractivity contribution in [3.05, 3.63) is 64.6 Å². The summed E-state index contributed by atoms with van der Waals surface area (Å²) in [7, 11) is -3.87. The van der Waals surface area contributed by atoms with Crippen LogP contribution in [0.5, 0.6) is 0 Å². The molecule has 24 heavy (non-hydrogen) atoms. The minimum absolute atomic E-state index is 0.0541. The number of benzene rings is 2. The van der Waals surface area contributed by atoms with E-state index in [1.165, 1.54) is 25.1 Å². The van der Waals surface area contributed by atoms with Crippen LogP contribution in [-0.2, 0) is 15.6 Å². The standard InChI is InChI=1S/C16H16N2O5S/c1-16(20,11-5-3-2-4-6-11)10-17-24(21,22)12-7-8-13-14(9-12)23-15(19)18-13/h2-9,17,20H,10H2,1H3,(H,18,19). The van der Waals surface area contributed by atoms with E-state index in [0.717, 1.165) is 0 Å². The molecule has 0 amide bonds. The summed E-state index contributed by atoms with van der Waals surface area (Å²) in [6.07, 6.45) is 0. The molecule has 2 aromatic carbocycles. The highest BCUT2D eigenvalue weighted by molar-refractivity contribution is 7.89. The second kappa shape index (κ2) is 5.90. The van der Waals surface area contributed by atoms with Crippen molar-refractivity contribution < 1.29 is 17.9 Å². The number of H-pyrrole nitrogens is 1. The molecule has 0 saturated heterocycles. The molecule has 0 aliphatic rings. The summed E-state index contributed by atoms with van der Waals surface area (Å²) in [5.41, 5.74) is -0.202. The predicted molar refractivity (Wildman–Crippen MR) is 88.0 cm³/mol. The van der Waals surface area contributed by atoms with Crippen molar-refractivity contribution in [2.75, 3.05) is 6.54 Å². The van der Waals surface area contributed by atoms with E-state index in [0.29, 0.717) is 11.1 Å². The van der Waals surface area contributed by atoms with Gasteiger partial charge in [0, 0.05) is 12.6 Å². The molecule has 1 unspecified atom stereocenters. The number of aliphatic hydroxyl groups is 1. The lowest BCUT2D eigenvalue weighted by molar-refractivity contribution is 0.0627. The van der Waals surface area contributed by atoms with Crippen LogP contribution in [0.2, 0.25) is 0 Å². The molecular formula is C16H16N2O5S. The largest absolute Gasteiger partial charge is 0.417 e. The Morgan fingerprint density at radius 2 is 1.92 bits per heavy atom. The zero-order chi connectivity index (χ0) is 17.4. The second-order valence-electron chi connectivity index (χ2n) is 5.64. The average Bonchev–Trinajstić information content (AvgIpc) is 2.93. The van der Waals surface area contributed by atoms with Gasteiger partial charge < -0.3 is 9.52 Å². The zero-order valence-corrected chi connectivity index (χ0v) is 13.6. The van der Waals surface area contributed by atoms with Gasteiger partial charge in [0.25, 0.3) is 0 Å². The van der Waals surface area contributed by atoms with Crippen molar-refractivity contribution in [1.29, 1.82) is 0 Å². The van der Waals surface area contributed by atoms with Crippen LogP contribution >= 0.6 is 0 Å². The van der Waals surface area contributed by atoms with Gasteiger partial charge in [-0.05, 0) is 24.6 Å². The fourth-order valence-corrected chi connectivity index (χ4v) is 3.46. The van der Waals surface area contributed by atoms with Crippen molar-refractivity contribution in [2.24, 2.45) is 0 Å². The number of hydrogen-bond acceptors (Lipinski definition) is 5. The number of aromatic nitrogens is 1. The molecular weight excluding hydrogens is 332 g/mol. The molecule has 0 bridgehead atoms. The summed E-state index contributed by atoms with van der Waals surface area (Å²) < 4.78 is 32.1. The van der Waals surface area contributed by atoms with Crippen molar-refractivity contribution in [2.45, 2.75) is 17.4 Å². The first-order valence-corrected chi connectivity index (χ1v) is 8.67. The summed E-state index contributed by atoms with van der Waals surface area (Å²) in [5.74, 6) is -0.653. The van der Waals surface area contributed by atoms with Crippen molar-refractivity contribution in [3.63, 3.8) is 0 Å². The Morgan fingerprint density at radius 1 is 1.21 bits per heavy atom. The summed E-state index contributed by atoms with van der Waals surface area (Å²) in [6.45, 7) is 1.33. The lowest BCUT2D eigenvalue weighted by atomic mass is 9.97. The quantitative estimate of drug-likeness (QED) is 0.643. The molecule has 0 aliphatic heterocycles. The van der Waals surface area contributed by atoms with E-state index >= 15 is 0 Å². The Bertz CT molecular complexity index is 1020. The van der Waals surface area contributed by atoms with Crippen LogP contribution in [0.1, 0.15) is 12.5 Å². The predicted octanol–water partition coefficient (Wildman–Crippen LogP) is 1.31. The van der Waals surface area contributed by atoms with Crippen molar-refractivity contribution in [1.82, 2.24) is 9.71 Å². The van der Waals surface area contributed by atoms with Crippen LogP contribution in [0.3, 0.4) is 0 Å². The third-order valence-corrected chi connectivity index (χ3v) is 5.10. The first-order valence-electron chi connectivity index (χ1n) is 7.18. The summed E-state index contributed by atoms with van der Waals surface area (Å²) >= 11 is 0. The van der Waals surface area contributed by atoms with Gasteiger partial charge in [0.1, 0.15) is 5.60 Å². The molecule has 3 rings (SSSR count). The Balaban J connectivity index is 1.83. The number of sulfonamides is 1. The Hall–Kier alpha value is -2.42. The molecule has 0 aliphatic carbocycles. The normalized spacial score (nSPS) is 14.6. The van der Waals surface area contributed by atoms with Gasteiger partial charge in [0.2, 0.25) is 10.0 Å². The lowest BCUT2D eigenvalue weighted by Gasteiger charge is -2.24. The Labute approximate surface area is 138 Å². The van der Waals surface area contributed by atoms with Crippen molar-refractivity contribution >= 4 is 21.1 Å². The van der Waals surface area contributed by atoms with E-state index in [2.05, 4.69) is 9.71 Å². The third-order valence-electron chi connectivity index (χ3n) is 3.70.